The number of piperidine rings is 1. The summed E-state index contributed by atoms with van der Waals surface area (Å²) < 4.78 is 27.0. The first kappa shape index (κ1) is 16.4. The minimum atomic E-state index is -3.63. The summed E-state index contributed by atoms with van der Waals surface area (Å²) in [7, 11) is -3.63. The van der Waals surface area contributed by atoms with E-state index < -0.39 is 16.1 Å². The van der Waals surface area contributed by atoms with Crippen molar-refractivity contribution in [2.45, 2.75) is 42.7 Å². The van der Waals surface area contributed by atoms with Crippen molar-refractivity contribution in [1.29, 1.82) is 0 Å². The van der Waals surface area contributed by atoms with E-state index in [0.717, 1.165) is 12.8 Å². The van der Waals surface area contributed by atoms with Crippen molar-refractivity contribution >= 4 is 15.9 Å². The third-order valence-electron chi connectivity index (χ3n) is 4.61. The van der Waals surface area contributed by atoms with Crippen LogP contribution < -0.4 is 5.73 Å². The Bertz CT molecular complexity index is 662. The molecule has 7 heteroatoms. The Labute approximate surface area is 137 Å². The average Bonchev–Trinajstić information content (AvgIpc) is 3.05. The van der Waals surface area contributed by atoms with Crippen LogP contribution >= 0.6 is 0 Å². The molecule has 2 fully saturated rings. The molecule has 2 saturated heterocycles. The molecule has 2 unspecified atom stereocenters. The number of rotatable bonds is 3. The highest BCUT2D eigenvalue weighted by Gasteiger charge is 2.41. The molecule has 2 heterocycles. The molecule has 1 aromatic rings. The Balaban J connectivity index is 1.81. The van der Waals surface area contributed by atoms with Crippen molar-refractivity contribution in [2.24, 2.45) is 5.73 Å². The zero-order chi connectivity index (χ0) is 16.4. The lowest BCUT2D eigenvalue weighted by atomic mass is 10.1. The molecule has 126 valence electrons. The highest BCUT2D eigenvalue weighted by molar-refractivity contribution is 7.89. The van der Waals surface area contributed by atoms with E-state index >= 15 is 0 Å². The molecule has 2 N–H and O–H groups in total. The summed E-state index contributed by atoms with van der Waals surface area (Å²) in [5.41, 5.74) is 5.95. The molecule has 0 bridgehead atoms. The van der Waals surface area contributed by atoms with Crippen molar-refractivity contribution < 1.29 is 13.2 Å². The topological polar surface area (TPSA) is 83.7 Å². The first-order chi connectivity index (χ1) is 11.0. The molecule has 2 atom stereocenters. The molecule has 6 nitrogen and oxygen atoms in total. The Morgan fingerprint density at radius 3 is 2.48 bits per heavy atom. The maximum Gasteiger partial charge on any atom is 0.243 e. The van der Waals surface area contributed by atoms with Gasteiger partial charge in [0.2, 0.25) is 15.9 Å². The van der Waals surface area contributed by atoms with Crippen molar-refractivity contribution in [2.75, 3.05) is 19.6 Å². The van der Waals surface area contributed by atoms with Crippen molar-refractivity contribution in [3.8, 4) is 0 Å². The minimum Gasteiger partial charge on any atom is -0.340 e. The lowest BCUT2D eigenvalue weighted by Crippen LogP contribution is -2.52. The summed E-state index contributed by atoms with van der Waals surface area (Å²) in [4.78, 5) is 14.8. The smallest absolute Gasteiger partial charge is 0.243 e. The highest BCUT2D eigenvalue weighted by atomic mass is 32.2. The fraction of sp³-hybridized carbons (Fsp3) is 0.562. The minimum absolute atomic E-state index is 0.00622. The van der Waals surface area contributed by atoms with E-state index in [9.17, 15) is 13.2 Å². The highest BCUT2D eigenvalue weighted by Crippen LogP contribution is 2.27. The van der Waals surface area contributed by atoms with Gasteiger partial charge in [-0.2, -0.15) is 4.31 Å². The number of carbonyl (C=O) groups is 1. The maximum absolute atomic E-state index is 12.8. The van der Waals surface area contributed by atoms with Crippen LogP contribution in [0.2, 0.25) is 0 Å². The summed E-state index contributed by atoms with van der Waals surface area (Å²) >= 11 is 0. The molecular formula is C16H23N3O3S. The third kappa shape index (κ3) is 3.27. The van der Waals surface area contributed by atoms with E-state index in [1.807, 2.05) is 0 Å². The quantitative estimate of drug-likeness (QED) is 0.884. The molecule has 3 rings (SSSR count). The summed E-state index contributed by atoms with van der Waals surface area (Å²) in [5, 5.41) is 0. The van der Waals surface area contributed by atoms with Crippen molar-refractivity contribution in [3.63, 3.8) is 0 Å². The van der Waals surface area contributed by atoms with Gasteiger partial charge in [0, 0.05) is 25.7 Å². The summed E-state index contributed by atoms with van der Waals surface area (Å²) in [6.45, 7) is 1.59. The number of hydrogen-bond donors (Lipinski definition) is 1. The van der Waals surface area contributed by atoms with Crippen LogP contribution in [-0.4, -0.2) is 55.2 Å². The Kier molecular flexibility index (Phi) is 4.70. The lowest BCUT2D eigenvalue weighted by Gasteiger charge is -2.34. The van der Waals surface area contributed by atoms with Crippen LogP contribution in [0.5, 0.6) is 0 Å². The summed E-state index contributed by atoms with van der Waals surface area (Å²) in [6, 6.07) is 7.73. The average molecular weight is 337 g/mol. The Morgan fingerprint density at radius 2 is 1.78 bits per heavy atom. The first-order valence-electron chi connectivity index (χ1n) is 8.11. The van der Waals surface area contributed by atoms with Gasteiger partial charge < -0.3 is 10.6 Å². The number of amides is 1. The largest absolute Gasteiger partial charge is 0.340 e. The fourth-order valence-electron chi connectivity index (χ4n) is 3.42. The predicted octanol–water partition coefficient (Wildman–Crippen LogP) is 0.789. The van der Waals surface area contributed by atoms with Crippen LogP contribution in [0.1, 0.15) is 25.7 Å². The van der Waals surface area contributed by atoms with Gasteiger partial charge in [-0.05, 0) is 37.8 Å². The van der Waals surface area contributed by atoms with Crippen LogP contribution in [0, 0.1) is 0 Å². The third-order valence-corrected chi connectivity index (χ3v) is 6.53. The molecule has 2 aliphatic rings. The maximum atomic E-state index is 12.8. The van der Waals surface area contributed by atoms with Gasteiger partial charge in [-0.1, -0.05) is 18.2 Å². The zero-order valence-corrected chi connectivity index (χ0v) is 13.9. The second-order valence-electron chi connectivity index (χ2n) is 6.27. The van der Waals surface area contributed by atoms with E-state index in [1.54, 1.807) is 35.2 Å². The molecule has 0 radical (unpaired) electrons. The summed E-state index contributed by atoms with van der Waals surface area (Å²) in [6.07, 6.45) is 3.09. The Hall–Kier alpha value is -1.44. The molecule has 0 aromatic heterocycles. The Morgan fingerprint density at radius 1 is 1.09 bits per heavy atom. The number of nitrogens with zero attached hydrogens (tertiary/aromatic N) is 2. The lowest BCUT2D eigenvalue weighted by molar-refractivity contribution is -0.135. The molecule has 1 aromatic carbocycles. The molecule has 1 amide bonds. The second-order valence-corrected chi connectivity index (χ2v) is 8.16. The molecule has 23 heavy (non-hydrogen) atoms. The van der Waals surface area contributed by atoms with Crippen LogP contribution in [0.3, 0.4) is 0 Å². The number of likely N-dealkylation sites (tertiary alicyclic amines) is 1. The first-order valence-corrected chi connectivity index (χ1v) is 9.55. The number of carbonyl (C=O) groups excluding carboxylic acids is 1. The van der Waals surface area contributed by atoms with Crippen LogP contribution in [0.25, 0.3) is 0 Å². The molecule has 0 spiro atoms. The van der Waals surface area contributed by atoms with Crippen LogP contribution in [-0.2, 0) is 14.8 Å². The van der Waals surface area contributed by atoms with Gasteiger partial charge in [0.15, 0.2) is 0 Å². The predicted molar refractivity (Wildman–Crippen MR) is 87.1 cm³/mol. The number of hydrogen-bond acceptors (Lipinski definition) is 4. The van der Waals surface area contributed by atoms with Crippen LogP contribution in [0.4, 0.5) is 0 Å². The van der Waals surface area contributed by atoms with E-state index in [2.05, 4.69) is 0 Å². The van der Waals surface area contributed by atoms with E-state index in [4.69, 9.17) is 5.73 Å². The van der Waals surface area contributed by atoms with Gasteiger partial charge in [0.05, 0.1) is 4.90 Å². The van der Waals surface area contributed by atoms with E-state index in [1.165, 1.54) is 4.31 Å². The van der Waals surface area contributed by atoms with Crippen molar-refractivity contribution in [3.05, 3.63) is 30.3 Å². The molecule has 0 aliphatic carbocycles. The number of sulfonamides is 1. The SMILES string of the molecule is NC1CCCN(C(=O)C2CCCN2S(=O)(=O)c2ccccc2)C1. The molecule has 2 aliphatic heterocycles. The van der Waals surface area contributed by atoms with E-state index in [0.29, 0.717) is 32.5 Å². The van der Waals surface area contributed by atoms with Gasteiger partial charge in [-0.15, -0.1) is 0 Å². The van der Waals surface area contributed by atoms with E-state index in [-0.39, 0.29) is 16.8 Å². The molecular weight excluding hydrogens is 314 g/mol. The normalized spacial score (nSPS) is 26.4. The number of benzene rings is 1. The van der Waals surface area contributed by atoms with Crippen molar-refractivity contribution in [1.82, 2.24) is 9.21 Å². The monoisotopic (exact) mass is 337 g/mol. The summed E-state index contributed by atoms with van der Waals surface area (Å²) in [5.74, 6) is -0.0999. The fourth-order valence-corrected chi connectivity index (χ4v) is 5.10. The zero-order valence-electron chi connectivity index (χ0n) is 13.1. The second kappa shape index (κ2) is 6.59. The van der Waals surface area contributed by atoms with Gasteiger partial charge in [-0.25, -0.2) is 8.42 Å². The van der Waals surface area contributed by atoms with Gasteiger partial charge in [0.1, 0.15) is 6.04 Å². The van der Waals surface area contributed by atoms with Crippen LogP contribution in [0.15, 0.2) is 35.2 Å². The van der Waals surface area contributed by atoms with Gasteiger partial charge >= 0.3 is 0 Å². The van der Waals surface area contributed by atoms with Gasteiger partial charge in [0.25, 0.3) is 0 Å². The number of nitrogens with two attached hydrogens (primary N) is 1. The van der Waals surface area contributed by atoms with Gasteiger partial charge in [-0.3, -0.25) is 4.79 Å². The molecule has 0 saturated carbocycles. The standard InChI is InChI=1S/C16H23N3O3S/c17-13-6-4-10-18(12-13)16(20)15-9-5-11-19(15)23(21,22)14-7-2-1-3-8-14/h1-3,7-8,13,15H,4-6,9-12,17H2.